The van der Waals surface area contributed by atoms with Crippen LogP contribution in [0.25, 0.3) is 10.2 Å². The van der Waals surface area contributed by atoms with Gasteiger partial charge in [0.15, 0.2) is 0 Å². The number of halogens is 2. The van der Waals surface area contributed by atoms with Gasteiger partial charge in [0.25, 0.3) is 0 Å². The monoisotopic (exact) mass is 383 g/mol. The fourth-order valence-electron chi connectivity index (χ4n) is 2.24. The topological polar surface area (TPSA) is 50.9 Å². The molecule has 3 heterocycles. The van der Waals surface area contributed by atoms with E-state index in [1.54, 1.807) is 5.38 Å². The zero-order chi connectivity index (χ0) is 17.3. The van der Waals surface area contributed by atoms with Gasteiger partial charge in [0, 0.05) is 17.3 Å². The van der Waals surface area contributed by atoms with Gasteiger partial charge in [-0.1, -0.05) is 5.92 Å². The van der Waals surface area contributed by atoms with Crippen LogP contribution in [0.1, 0.15) is 22.2 Å². The van der Waals surface area contributed by atoms with E-state index in [4.69, 9.17) is 12.2 Å². The maximum absolute atomic E-state index is 13.5. The Morgan fingerprint density at radius 1 is 1.46 bits per heavy atom. The third-order valence-corrected chi connectivity index (χ3v) is 6.70. The molecule has 24 heavy (non-hydrogen) atoms. The minimum absolute atomic E-state index is 0.215. The van der Waals surface area contributed by atoms with Crippen LogP contribution in [0.15, 0.2) is 11.4 Å². The number of terminal acetylenes is 1. The Morgan fingerprint density at radius 2 is 2.25 bits per heavy atom. The van der Waals surface area contributed by atoms with Crippen molar-refractivity contribution >= 4 is 49.4 Å². The third kappa shape index (κ3) is 3.30. The van der Waals surface area contributed by atoms with Crippen LogP contribution in [-0.4, -0.2) is 16.6 Å². The van der Waals surface area contributed by atoms with E-state index in [1.807, 2.05) is 0 Å². The van der Waals surface area contributed by atoms with E-state index >= 15 is 0 Å². The molecule has 0 unspecified atom stereocenters. The molecule has 0 radical (unpaired) electrons. The normalized spacial score (nSPS) is 13.8. The summed E-state index contributed by atoms with van der Waals surface area (Å²) in [6.07, 6.45) is 4.88. The molecule has 126 valence electrons. The zero-order valence-electron chi connectivity index (χ0n) is 12.8. The van der Waals surface area contributed by atoms with Crippen molar-refractivity contribution in [3.8, 4) is 12.3 Å². The highest BCUT2D eigenvalue weighted by atomic mass is 32.1. The second-order valence-electron chi connectivity index (χ2n) is 5.32. The van der Waals surface area contributed by atoms with Gasteiger partial charge < -0.3 is 11.1 Å². The van der Waals surface area contributed by atoms with Crippen molar-refractivity contribution in [3.63, 3.8) is 0 Å². The molecule has 0 amide bonds. The lowest BCUT2D eigenvalue weighted by atomic mass is 10.1. The number of anilines is 1. The summed E-state index contributed by atoms with van der Waals surface area (Å²) < 4.78 is 32.2. The van der Waals surface area contributed by atoms with Crippen LogP contribution in [-0.2, 0) is 13.0 Å². The molecule has 0 fully saturated rings. The van der Waals surface area contributed by atoms with E-state index in [0.29, 0.717) is 23.4 Å². The second kappa shape index (κ2) is 7.15. The zero-order valence-corrected chi connectivity index (χ0v) is 15.3. The summed E-state index contributed by atoms with van der Waals surface area (Å²) in [6, 6.07) is 0.850. The van der Waals surface area contributed by atoms with Gasteiger partial charge in [-0.15, -0.1) is 29.1 Å². The van der Waals surface area contributed by atoms with Crippen molar-refractivity contribution in [2.45, 2.75) is 32.1 Å². The SMILES string of the molecule is C#Cc1c(C[C@@H](N)[C@H](C)F)sc2c(NCc3sccc3F)snc12. The highest BCUT2D eigenvalue weighted by molar-refractivity contribution is 7.24. The summed E-state index contributed by atoms with van der Waals surface area (Å²) in [4.78, 5) is 1.50. The summed E-state index contributed by atoms with van der Waals surface area (Å²) >= 11 is 4.13. The largest absolute Gasteiger partial charge is 0.369 e. The Labute approximate surface area is 150 Å². The van der Waals surface area contributed by atoms with Crippen molar-refractivity contribution < 1.29 is 8.78 Å². The van der Waals surface area contributed by atoms with Crippen molar-refractivity contribution in [1.82, 2.24) is 4.37 Å². The standard InChI is InChI=1S/C16H15F2N3S3/c1-3-9-12(6-11(19)8(2)17)23-15-14(9)21-24-16(15)20-7-13-10(18)4-5-22-13/h1,4-5,8,11,20H,6-7,19H2,2H3/t8-,11+/m0/s1. The predicted molar refractivity (Wildman–Crippen MR) is 99.3 cm³/mol. The molecule has 0 aromatic carbocycles. The van der Waals surface area contributed by atoms with E-state index in [1.165, 1.54) is 47.2 Å². The second-order valence-corrected chi connectivity index (χ2v) is 8.20. The van der Waals surface area contributed by atoms with Crippen LogP contribution in [0.2, 0.25) is 0 Å². The Kier molecular flexibility index (Phi) is 5.15. The van der Waals surface area contributed by atoms with E-state index in [9.17, 15) is 8.78 Å². The minimum Gasteiger partial charge on any atom is -0.369 e. The number of nitrogens with one attached hydrogen (secondary N) is 1. The number of alkyl halides is 1. The number of hydrogen-bond acceptors (Lipinski definition) is 6. The third-order valence-electron chi connectivity index (χ3n) is 3.65. The van der Waals surface area contributed by atoms with Gasteiger partial charge >= 0.3 is 0 Å². The molecule has 0 aliphatic rings. The fraction of sp³-hybridized carbons (Fsp3) is 0.312. The van der Waals surface area contributed by atoms with Gasteiger partial charge in [-0.25, -0.2) is 8.78 Å². The van der Waals surface area contributed by atoms with Gasteiger partial charge in [-0.05, 0) is 29.9 Å². The molecule has 3 rings (SSSR count). The lowest BCUT2D eigenvalue weighted by Gasteiger charge is -2.11. The predicted octanol–water partition coefficient (Wildman–Crippen LogP) is 4.38. The molecule has 0 bridgehead atoms. The smallest absolute Gasteiger partial charge is 0.138 e. The van der Waals surface area contributed by atoms with Gasteiger partial charge in [0.2, 0.25) is 0 Å². The summed E-state index contributed by atoms with van der Waals surface area (Å²) in [5.74, 6) is 2.43. The molecule has 0 spiro atoms. The molecule has 0 saturated carbocycles. The van der Waals surface area contributed by atoms with E-state index < -0.39 is 12.2 Å². The van der Waals surface area contributed by atoms with E-state index in [-0.39, 0.29) is 5.82 Å². The molecular formula is C16H15F2N3S3. The number of fused-ring (bicyclic) bond motifs is 1. The van der Waals surface area contributed by atoms with Crippen molar-refractivity contribution in [3.05, 3.63) is 32.6 Å². The fourth-order valence-corrected chi connectivity index (χ4v) is 5.09. The first-order valence-electron chi connectivity index (χ1n) is 7.24. The molecule has 0 aliphatic heterocycles. The number of thiophene rings is 2. The van der Waals surface area contributed by atoms with Crippen LogP contribution < -0.4 is 11.1 Å². The van der Waals surface area contributed by atoms with Crippen LogP contribution in [0.5, 0.6) is 0 Å². The average Bonchev–Trinajstić information content (AvgIpc) is 3.21. The molecule has 8 heteroatoms. The van der Waals surface area contributed by atoms with Crippen LogP contribution in [0.3, 0.4) is 0 Å². The molecule has 3 nitrogen and oxygen atoms in total. The number of hydrogen-bond donors (Lipinski definition) is 2. The van der Waals surface area contributed by atoms with Gasteiger partial charge in [-0.3, -0.25) is 0 Å². The summed E-state index contributed by atoms with van der Waals surface area (Å²) in [6.45, 7) is 1.83. The van der Waals surface area contributed by atoms with Crippen molar-refractivity contribution in [1.29, 1.82) is 0 Å². The Bertz CT molecular complexity index is 888. The molecular weight excluding hydrogens is 368 g/mol. The molecule has 3 N–H and O–H groups in total. The van der Waals surface area contributed by atoms with Crippen molar-refractivity contribution in [2.75, 3.05) is 5.32 Å². The Balaban J connectivity index is 1.87. The van der Waals surface area contributed by atoms with Crippen LogP contribution in [0.4, 0.5) is 13.8 Å². The number of aromatic nitrogens is 1. The molecule has 3 aromatic heterocycles. The Morgan fingerprint density at radius 3 is 2.88 bits per heavy atom. The summed E-state index contributed by atoms with van der Waals surface area (Å²) in [5, 5.41) is 5.77. The number of nitrogens with two attached hydrogens (primary N) is 1. The maximum atomic E-state index is 13.5. The van der Waals surface area contributed by atoms with Gasteiger partial charge in [-0.2, -0.15) is 4.37 Å². The van der Waals surface area contributed by atoms with Crippen LogP contribution in [0, 0.1) is 18.2 Å². The lowest BCUT2D eigenvalue weighted by Crippen LogP contribution is -2.31. The lowest BCUT2D eigenvalue weighted by molar-refractivity contribution is 0.305. The average molecular weight is 384 g/mol. The van der Waals surface area contributed by atoms with E-state index in [2.05, 4.69) is 15.6 Å². The summed E-state index contributed by atoms with van der Waals surface area (Å²) in [7, 11) is 0. The molecule has 0 saturated heterocycles. The van der Waals surface area contributed by atoms with Crippen LogP contribution >= 0.6 is 34.2 Å². The highest BCUT2D eigenvalue weighted by Crippen LogP contribution is 2.39. The maximum Gasteiger partial charge on any atom is 0.138 e. The van der Waals surface area contributed by atoms with Gasteiger partial charge in [0.1, 0.15) is 22.5 Å². The molecule has 2 atom stereocenters. The number of nitrogens with zero attached hydrogens (tertiary/aromatic N) is 1. The first-order valence-corrected chi connectivity index (χ1v) is 9.71. The van der Waals surface area contributed by atoms with E-state index in [0.717, 1.165) is 20.1 Å². The number of rotatable bonds is 6. The quantitative estimate of drug-likeness (QED) is 0.621. The highest BCUT2D eigenvalue weighted by Gasteiger charge is 2.21. The minimum atomic E-state index is -1.11. The molecule has 3 aromatic rings. The Hall–Kier alpha value is -1.53. The first-order chi connectivity index (χ1) is 11.5. The van der Waals surface area contributed by atoms with Crippen molar-refractivity contribution in [2.24, 2.45) is 5.73 Å². The molecule has 0 aliphatic carbocycles. The summed E-state index contributed by atoms with van der Waals surface area (Å²) in [5.41, 5.74) is 7.24. The first kappa shape index (κ1) is 17.3. The van der Waals surface area contributed by atoms with Gasteiger partial charge in [0.05, 0.1) is 21.7 Å².